The van der Waals surface area contributed by atoms with Crippen molar-refractivity contribution < 1.29 is 21.6 Å². The van der Waals surface area contributed by atoms with Crippen LogP contribution >= 0.6 is 0 Å². The van der Waals surface area contributed by atoms with Crippen LogP contribution in [0, 0.1) is 6.92 Å². The summed E-state index contributed by atoms with van der Waals surface area (Å²) < 4.78 is 56.3. The number of hydrogen-bond donors (Lipinski definition) is 1. The van der Waals surface area contributed by atoms with E-state index < -0.39 is 20.2 Å². The molecule has 0 spiro atoms. The van der Waals surface area contributed by atoms with Crippen LogP contribution in [-0.4, -0.2) is 75.5 Å². The van der Waals surface area contributed by atoms with Crippen molar-refractivity contribution >= 4 is 31.8 Å². The monoisotopic (exact) mass is 494 g/mol. The van der Waals surface area contributed by atoms with E-state index in [1.54, 1.807) is 49.1 Å². The minimum atomic E-state index is -3.87. The van der Waals surface area contributed by atoms with E-state index in [1.807, 2.05) is 6.92 Å². The van der Waals surface area contributed by atoms with Crippen molar-refractivity contribution in [2.75, 3.05) is 44.0 Å². The molecule has 9 nitrogen and oxygen atoms in total. The highest BCUT2D eigenvalue weighted by Crippen LogP contribution is 2.20. The van der Waals surface area contributed by atoms with Gasteiger partial charge in [-0.1, -0.05) is 37.6 Å². The molecule has 1 N–H and O–H groups in total. The molecule has 1 heterocycles. The summed E-state index contributed by atoms with van der Waals surface area (Å²) in [6.45, 7) is 7.11. The van der Waals surface area contributed by atoms with Gasteiger partial charge < -0.3 is 4.90 Å². The van der Waals surface area contributed by atoms with Gasteiger partial charge >= 0.3 is 0 Å². The Morgan fingerprint density at radius 1 is 0.939 bits per heavy atom. The Balaban J connectivity index is 1.71. The predicted octanol–water partition coefficient (Wildman–Crippen LogP) is 2.14. The summed E-state index contributed by atoms with van der Waals surface area (Å²) in [6.07, 6.45) is 0. The van der Waals surface area contributed by atoms with Crippen LogP contribution in [0.1, 0.15) is 29.8 Å². The van der Waals surface area contributed by atoms with Crippen LogP contribution < -0.4 is 4.72 Å². The molecule has 1 fully saturated rings. The molecule has 1 aliphatic heterocycles. The molecule has 2 aromatic carbocycles. The molecule has 0 bridgehead atoms. The largest absolute Gasteiger partial charge is 0.336 e. The Bertz CT molecular complexity index is 1190. The summed E-state index contributed by atoms with van der Waals surface area (Å²) in [6, 6.07) is 12.8. The zero-order valence-corrected chi connectivity index (χ0v) is 20.7. The average molecular weight is 495 g/mol. The smallest absolute Gasteiger partial charge is 0.282 e. The molecule has 33 heavy (non-hydrogen) atoms. The Kier molecular flexibility index (Phi) is 7.78. The third kappa shape index (κ3) is 5.72. The second kappa shape index (κ2) is 10.2. The lowest BCUT2D eigenvalue weighted by Crippen LogP contribution is -2.54. The number of carbonyl (C=O) groups is 1. The maximum absolute atomic E-state index is 13.0. The summed E-state index contributed by atoms with van der Waals surface area (Å²) in [5.74, 6) is -0.331. The molecule has 0 radical (unpaired) electrons. The van der Waals surface area contributed by atoms with Gasteiger partial charge in [0.15, 0.2) is 0 Å². The van der Waals surface area contributed by atoms with E-state index >= 15 is 0 Å². The number of nitrogens with zero attached hydrogens (tertiary/aromatic N) is 3. The molecule has 180 valence electrons. The molecule has 2 aromatic rings. The normalized spacial score (nSPS) is 15.6. The van der Waals surface area contributed by atoms with Crippen molar-refractivity contribution in [3.05, 3.63) is 59.7 Å². The third-order valence-electron chi connectivity index (χ3n) is 5.58. The molecule has 1 amide bonds. The van der Waals surface area contributed by atoms with Crippen LogP contribution in [0.4, 0.5) is 5.69 Å². The quantitative estimate of drug-likeness (QED) is 0.605. The first-order valence-corrected chi connectivity index (χ1v) is 13.7. The zero-order valence-electron chi connectivity index (χ0n) is 19.1. The molecule has 0 atom stereocenters. The van der Waals surface area contributed by atoms with Crippen LogP contribution in [0.2, 0.25) is 0 Å². The van der Waals surface area contributed by atoms with E-state index in [2.05, 4.69) is 4.72 Å². The maximum atomic E-state index is 13.0. The number of benzene rings is 2. The van der Waals surface area contributed by atoms with Gasteiger partial charge in [0.1, 0.15) is 0 Å². The Labute approximate surface area is 196 Å². The third-order valence-corrected chi connectivity index (χ3v) is 9.14. The highest BCUT2D eigenvalue weighted by atomic mass is 32.2. The standard InChI is InChI=1S/C22H30N4O5S2/c1-4-25(5-2)33(30,31)26-15-13-24(14-16-26)22(27)19-7-6-8-21(17-19)32(28,29)23-20-11-9-18(3)10-12-20/h6-12,17,23H,4-5,13-16H2,1-3H3. The number of rotatable bonds is 8. The van der Waals surface area contributed by atoms with Gasteiger partial charge in [-0.05, 0) is 37.3 Å². The van der Waals surface area contributed by atoms with E-state index in [1.165, 1.54) is 26.8 Å². The van der Waals surface area contributed by atoms with Crippen LogP contribution in [0.15, 0.2) is 53.4 Å². The van der Waals surface area contributed by atoms with Gasteiger partial charge in [-0.3, -0.25) is 9.52 Å². The number of sulfonamides is 1. The highest BCUT2D eigenvalue weighted by Gasteiger charge is 2.32. The van der Waals surface area contributed by atoms with Gasteiger partial charge in [0.05, 0.1) is 4.90 Å². The predicted molar refractivity (Wildman–Crippen MR) is 128 cm³/mol. The van der Waals surface area contributed by atoms with Crippen molar-refractivity contribution in [1.82, 2.24) is 13.5 Å². The molecule has 0 aliphatic carbocycles. The van der Waals surface area contributed by atoms with Gasteiger partial charge in [0, 0.05) is 50.5 Å². The number of piperazine rings is 1. The highest BCUT2D eigenvalue weighted by molar-refractivity contribution is 7.92. The molecule has 11 heteroatoms. The number of anilines is 1. The summed E-state index contributed by atoms with van der Waals surface area (Å²) in [4.78, 5) is 14.5. The second-order valence-electron chi connectivity index (χ2n) is 7.78. The number of aryl methyl sites for hydroxylation is 1. The Hall–Kier alpha value is -2.47. The summed E-state index contributed by atoms with van der Waals surface area (Å²) in [5.41, 5.74) is 1.68. The number of amides is 1. The minimum Gasteiger partial charge on any atom is -0.336 e. The van der Waals surface area contributed by atoms with Crippen LogP contribution in [-0.2, 0) is 20.2 Å². The first-order valence-electron chi connectivity index (χ1n) is 10.8. The van der Waals surface area contributed by atoms with Crippen molar-refractivity contribution in [2.45, 2.75) is 25.7 Å². The van der Waals surface area contributed by atoms with Crippen molar-refractivity contribution in [1.29, 1.82) is 0 Å². The molecule has 0 unspecified atom stereocenters. The Morgan fingerprint density at radius 2 is 1.55 bits per heavy atom. The van der Waals surface area contributed by atoms with Gasteiger partial charge in [-0.25, -0.2) is 8.42 Å². The maximum Gasteiger partial charge on any atom is 0.282 e. The fourth-order valence-electron chi connectivity index (χ4n) is 3.65. The first kappa shape index (κ1) is 25.2. The average Bonchev–Trinajstić information content (AvgIpc) is 2.81. The van der Waals surface area contributed by atoms with Crippen molar-refractivity contribution in [3.63, 3.8) is 0 Å². The van der Waals surface area contributed by atoms with Gasteiger partial charge in [-0.15, -0.1) is 0 Å². The van der Waals surface area contributed by atoms with Crippen LogP contribution in [0.25, 0.3) is 0 Å². The lowest BCUT2D eigenvalue weighted by molar-refractivity contribution is 0.0694. The minimum absolute atomic E-state index is 0.0170. The van der Waals surface area contributed by atoms with Gasteiger partial charge in [0.25, 0.3) is 26.1 Å². The van der Waals surface area contributed by atoms with E-state index in [0.717, 1.165) is 5.56 Å². The van der Waals surface area contributed by atoms with E-state index in [0.29, 0.717) is 18.8 Å². The summed E-state index contributed by atoms with van der Waals surface area (Å²) in [7, 11) is -7.43. The van der Waals surface area contributed by atoms with E-state index in [-0.39, 0.29) is 42.5 Å². The molecule has 0 saturated carbocycles. The first-order chi connectivity index (χ1) is 15.6. The number of carbonyl (C=O) groups excluding carboxylic acids is 1. The van der Waals surface area contributed by atoms with E-state index in [9.17, 15) is 21.6 Å². The fraction of sp³-hybridized carbons (Fsp3) is 0.409. The SMILES string of the molecule is CCN(CC)S(=O)(=O)N1CCN(C(=O)c2cccc(S(=O)(=O)Nc3ccc(C)cc3)c2)CC1. The van der Waals surface area contributed by atoms with Gasteiger partial charge in [0.2, 0.25) is 0 Å². The van der Waals surface area contributed by atoms with E-state index in [4.69, 9.17) is 0 Å². The molecule has 1 saturated heterocycles. The Morgan fingerprint density at radius 3 is 2.12 bits per heavy atom. The fourth-order valence-corrected chi connectivity index (χ4v) is 6.36. The van der Waals surface area contributed by atoms with Crippen molar-refractivity contribution in [3.8, 4) is 0 Å². The van der Waals surface area contributed by atoms with Crippen LogP contribution in [0.5, 0.6) is 0 Å². The molecular weight excluding hydrogens is 464 g/mol. The van der Waals surface area contributed by atoms with Crippen LogP contribution in [0.3, 0.4) is 0 Å². The lowest BCUT2D eigenvalue weighted by Gasteiger charge is -2.36. The lowest BCUT2D eigenvalue weighted by atomic mass is 10.2. The molecular formula is C22H30N4O5S2. The molecule has 0 aromatic heterocycles. The summed E-state index contributed by atoms with van der Waals surface area (Å²) >= 11 is 0. The topological polar surface area (TPSA) is 107 Å². The summed E-state index contributed by atoms with van der Waals surface area (Å²) in [5, 5.41) is 0. The van der Waals surface area contributed by atoms with Crippen molar-refractivity contribution in [2.24, 2.45) is 0 Å². The van der Waals surface area contributed by atoms with Gasteiger partial charge in [-0.2, -0.15) is 17.0 Å². The number of nitrogens with one attached hydrogen (secondary N) is 1. The number of hydrogen-bond acceptors (Lipinski definition) is 5. The zero-order chi connectivity index (χ0) is 24.2. The molecule has 3 rings (SSSR count). The molecule has 1 aliphatic rings. The second-order valence-corrected chi connectivity index (χ2v) is 11.4.